The van der Waals surface area contributed by atoms with Gasteiger partial charge in [0.2, 0.25) is 10.0 Å². The molecule has 0 aliphatic carbocycles. The van der Waals surface area contributed by atoms with Crippen molar-refractivity contribution in [3.8, 4) is 0 Å². The molecule has 7 heteroatoms. The highest BCUT2D eigenvalue weighted by Crippen LogP contribution is 2.44. The molecule has 0 amide bonds. The molecule has 0 bridgehead atoms. The molecule has 0 N–H and O–H groups in total. The zero-order valence-corrected chi connectivity index (χ0v) is 14.4. The summed E-state index contributed by atoms with van der Waals surface area (Å²) < 4.78 is 45.8. The van der Waals surface area contributed by atoms with E-state index in [-0.39, 0.29) is 10.3 Å². The Kier molecular flexibility index (Phi) is 4.48. The molecule has 1 aromatic carbocycles. The van der Waals surface area contributed by atoms with Crippen LogP contribution in [0.2, 0.25) is 0 Å². The van der Waals surface area contributed by atoms with Gasteiger partial charge in [0, 0.05) is 44.6 Å². The number of methoxy groups -OCH3 is 1. The van der Waals surface area contributed by atoms with Crippen LogP contribution in [0.15, 0.2) is 29.2 Å². The highest BCUT2D eigenvalue weighted by atomic mass is 32.2. The summed E-state index contributed by atoms with van der Waals surface area (Å²) in [6.45, 7) is 3.38. The summed E-state index contributed by atoms with van der Waals surface area (Å²) in [5.74, 6) is -0.206. The number of benzene rings is 1. The molecular weight excluding hydrogens is 319 g/mol. The van der Waals surface area contributed by atoms with Crippen molar-refractivity contribution in [2.75, 3.05) is 46.9 Å². The maximum Gasteiger partial charge on any atom is 0.243 e. The average Bonchev–Trinajstić information content (AvgIpc) is 3.05. The highest BCUT2D eigenvalue weighted by Gasteiger charge is 2.51. The smallest absolute Gasteiger partial charge is 0.243 e. The molecule has 2 fully saturated rings. The first-order chi connectivity index (χ1) is 10.9. The summed E-state index contributed by atoms with van der Waals surface area (Å²) in [6, 6.07) is 5.24. The number of halogens is 1. The van der Waals surface area contributed by atoms with E-state index in [1.54, 1.807) is 7.11 Å². The average molecular weight is 342 g/mol. The van der Waals surface area contributed by atoms with Gasteiger partial charge in [-0.1, -0.05) is 6.07 Å². The number of sulfonamides is 1. The van der Waals surface area contributed by atoms with Gasteiger partial charge in [-0.15, -0.1) is 0 Å². The number of rotatable bonds is 4. The summed E-state index contributed by atoms with van der Waals surface area (Å²) in [7, 11) is 0.0930. The normalized spacial score (nSPS) is 29.6. The van der Waals surface area contributed by atoms with Crippen LogP contribution in [0.5, 0.6) is 0 Å². The first-order valence-electron chi connectivity index (χ1n) is 7.81. The second-order valence-electron chi connectivity index (χ2n) is 6.76. The van der Waals surface area contributed by atoms with Crippen molar-refractivity contribution in [1.82, 2.24) is 9.21 Å². The van der Waals surface area contributed by atoms with Crippen LogP contribution in [0.3, 0.4) is 0 Å². The van der Waals surface area contributed by atoms with Crippen LogP contribution in [-0.2, 0) is 14.8 Å². The Morgan fingerprint density at radius 2 is 2.17 bits per heavy atom. The monoisotopic (exact) mass is 342 g/mol. The summed E-state index contributed by atoms with van der Waals surface area (Å²) in [4.78, 5) is 2.27. The molecule has 3 rings (SSSR count). The van der Waals surface area contributed by atoms with E-state index in [0.29, 0.717) is 25.6 Å². The van der Waals surface area contributed by atoms with Crippen molar-refractivity contribution >= 4 is 10.0 Å². The maximum absolute atomic E-state index is 13.4. The van der Waals surface area contributed by atoms with Crippen molar-refractivity contribution in [2.45, 2.75) is 11.3 Å². The molecule has 0 saturated carbocycles. The minimum atomic E-state index is -3.65. The lowest BCUT2D eigenvalue weighted by Crippen LogP contribution is -2.38. The minimum Gasteiger partial charge on any atom is -0.384 e. The van der Waals surface area contributed by atoms with E-state index in [9.17, 15) is 12.8 Å². The van der Waals surface area contributed by atoms with E-state index < -0.39 is 15.8 Å². The van der Waals surface area contributed by atoms with Crippen LogP contribution in [0, 0.1) is 17.2 Å². The second kappa shape index (κ2) is 6.12. The number of ether oxygens (including phenoxy) is 1. The van der Waals surface area contributed by atoms with Gasteiger partial charge in [-0.25, -0.2) is 12.8 Å². The molecule has 2 aliphatic rings. The number of hydrogen-bond donors (Lipinski definition) is 0. The molecule has 0 unspecified atom stereocenters. The molecule has 0 aromatic heterocycles. The van der Waals surface area contributed by atoms with Crippen molar-refractivity contribution < 1.29 is 17.5 Å². The SMILES string of the molecule is COC[C@@H]1CN(C)C[C@@]12CCN(S(=O)(=O)c1cccc(F)c1)C2. The molecule has 1 spiro atoms. The van der Waals surface area contributed by atoms with Gasteiger partial charge in [0.1, 0.15) is 5.82 Å². The third-order valence-electron chi connectivity index (χ3n) is 5.13. The molecule has 2 aliphatic heterocycles. The fourth-order valence-electron chi connectivity index (χ4n) is 4.03. The Hall–Kier alpha value is -1.02. The first-order valence-corrected chi connectivity index (χ1v) is 9.25. The quantitative estimate of drug-likeness (QED) is 0.830. The van der Waals surface area contributed by atoms with Crippen molar-refractivity contribution in [3.05, 3.63) is 30.1 Å². The van der Waals surface area contributed by atoms with E-state index in [2.05, 4.69) is 11.9 Å². The predicted molar refractivity (Wildman–Crippen MR) is 85.1 cm³/mol. The Bertz CT molecular complexity index is 682. The molecule has 2 saturated heterocycles. The molecule has 5 nitrogen and oxygen atoms in total. The first kappa shape index (κ1) is 16.8. The summed E-state index contributed by atoms with van der Waals surface area (Å²) in [5, 5.41) is 0. The zero-order chi connectivity index (χ0) is 16.7. The summed E-state index contributed by atoms with van der Waals surface area (Å²) in [5.41, 5.74) is -0.0643. The van der Waals surface area contributed by atoms with Gasteiger partial charge in [-0.2, -0.15) is 4.31 Å². The van der Waals surface area contributed by atoms with Crippen LogP contribution < -0.4 is 0 Å². The van der Waals surface area contributed by atoms with E-state index >= 15 is 0 Å². The fourth-order valence-corrected chi connectivity index (χ4v) is 5.60. The molecule has 0 radical (unpaired) electrons. The van der Waals surface area contributed by atoms with Crippen molar-refractivity contribution in [1.29, 1.82) is 0 Å². The van der Waals surface area contributed by atoms with Crippen molar-refractivity contribution in [3.63, 3.8) is 0 Å². The van der Waals surface area contributed by atoms with Gasteiger partial charge < -0.3 is 9.64 Å². The Labute approximate surface area is 137 Å². The van der Waals surface area contributed by atoms with Crippen molar-refractivity contribution in [2.24, 2.45) is 11.3 Å². The Morgan fingerprint density at radius 3 is 2.87 bits per heavy atom. The number of likely N-dealkylation sites (tertiary alicyclic amines) is 1. The van der Waals surface area contributed by atoms with E-state index in [0.717, 1.165) is 25.6 Å². The minimum absolute atomic E-state index is 0.0317. The third-order valence-corrected chi connectivity index (χ3v) is 6.98. The Morgan fingerprint density at radius 1 is 1.39 bits per heavy atom. The van der Waals surface area contributed by atoms with E-state index in [1.165, 1.54) is 22.5 Å². The van der Waals surface area contributed by atoms with Crippen LogP contribution in [0.25, 0.3) is 0 Å². The molecule has 23 heavy (non-hydrogen) atoms. The van der Waals surface area contributed by atoms with Crippen LogP contribution in [-0.4, -0.2) is 64.6 Å². The molecule has 2 atom stereocenters. The van der Waals surface area contributed by atoms with Gasteiger partial charge in [0.15, 0.2) is 0 Å². The Balaban J connectivity index is 1.84. The second-order valence-corrected chi connectivity index (χ2v) is 8.70. The molecule has 128 valence electrons. The van der Waals surface area contributed by atoms with Crippen LogP contribution >= 0.6 is 0 Å². The molecular formula is C16H23FN2O3S. The summed E-state index contributed by atoms with van der Waals surface area (Å²) >= 11 is 0. The standard InChI is InChI=1S/C16H23FN2O3S/c1-18-9-13(10-22-2)16(11-18)6-7-19(12-16)23(20,21)15-5-3-4-14(17)8-15/h3-5,8,13H,6-7,9-12H2,1-2H3/t13-,16+/m0/s1. The number of hydrogen-bond acceptors (Lipinski definition) is 4. The molecule has 2 heterocycles. The van der Waals surface area contributed by atoms with Gasteiger partial charge >= 0.3 is 0 Å². The van der Waals surface area contributed by atoms with Gasteiger partial charge in [-0.05, 0) is 31.7 Å². The van der Waals surface area contributed by atoms with Crippen LogP contribution in [0.1, 0.15) is 6.42 Å². The van der Waals surface area contributed by atoms with E-state index in [4.69, 9.17) is 4.74 Å². The summed E-state index contributed by atoms with van der Waals surface area (Å²) in [6.07, 6.45) is 0.819. The van der Waals surface area contributed by atoms with Gasteiger partial charge in [-0.3, -0.25) is 0 Å². The lowest BCUT2D eigenvalue weighted by atomic mass is 9.78. The third kappa shape index (κ3) is 3.03. The topological polar surface area (TPSA) is 49.9 Å². The highest BCUT2D eigenvalue weighted by molar-refractivity contribution is 7.89. The lowest BCUT2D eigenvalue weighted by molar-refractivity contribution is 0.101. The zero-order valence-electron chi connectivity index (χ0n) is 13.5. The fraction of sp³-hybridized carbons (Fsp3) is 0.625. The van der Waals surface area contributed by atoms with Crippen LogP contribution in [0.4, 0.5) is 4.39 Å². The maximum atomic E-state index is 13.4. The predicted octanol–water partition coefficient (Wildman–Crippen LogP) is 1.41. The number of nitrogens with zero attached hydrogens (tertiary/aromatic N) is 2. The molecule has 1 aromatic rings. The van der Waals surface area contributed by atoms with E-state index in [1.807, 2.05) is 0 Å². The van der Waals surface area contributed by atoms with Gasteiger partial charge in [0.25, 0.3) is 0 Å². The lowest BCUT2D eigenvalue weighted by Gasteiger charge is -2.30. The van der Waals surface area contributed by atoms with Gasteiger partial charge in [0.05, 0.1) is 11.5 Å². The largest absolute Gasteiger partial charge is 0.384 e.